The van der Waals surface area contributed by atoms with Crippen LogP contribution in [-0.2, 0) is 31.5 Å². The van der Waals surface area contributed by atoms with Gasteiger partial charge in [-0.2, -0.15) is 9.97 Å². The minimum Gasteiger partial charge on any atom is -0.463 e. The molecule has 2 aliphatic heterocycles. The molecule has 0 saturated carbocycles. The SMILES string of the molecule is COP(=O)(CCOc1nc(N)c2c(n1)N(Cc1cccc(CN3CCCC3)c1)CC(=O)N2)OC. The molecule has 34 heavy (non-hydrogen) atoms. The summed E-state index contributed by atoms with van der Waals surface area (Å²) in [4.78, 5) is 25.3. The number of nitrogens with two attached hydrogens (primary N) is 1. The number of nitrogen functional groups attached to an aromatic ring is 1. The van der Waals surface area contributed by atoms with Crippen LogP contribution >= 0.6 is 7.60 Å². The number of benzene rings is 1. The van der Waals surface area contributed by atoms with Crippen molar-refractivity contribution >= 4 is 30.8 Å². The molecule has 2 aliphatic rings. The number of carbonyl (C=O) groups is 1. The monoisotopic (exact) mass is 490 g/mol. The fraction of sp³-hybridized carbons (Fsp3) is 0.500. The van der Waals surface area contributed by atoms with Crippen LogP contribution in [0.3, 0.4) is 0 Å². The number of carbonyl (C=O) groups excluding carboxylic acids is 1. The number of fused-ring (bicyclic) bond motifs is 1. The second kappa shape index (κ2) is 10.7. The zero-order chi connectivity index (χ0) is 24.1. The maximum Gasteiger partial charge on any atom is 0.333 e. The first-order chi connectivity index (χ1) is 16.4. The van der Waals surface area contributed by atoms with Crippen LogP contribution in [0.4, 0.5) is 17.3 Å². The van der Waals surface area contributed by atoms with Gasteiger partial charge in [0, 0.05) is 27.3 Å². The van der Waals surface area contributed by atoms with E-state index in [0.717, 1.165) is 25.2 Å². The van der Waals surface area contributed by atoms with Crippen LogP contribution in [0, 0.1) is 0 Å². The van der Waals surface area contributed by atoms with Crippen molar-refractivity contribution in [3.63, 3.8) is 0 Å². The largest absolute Gasteiger partial charge is 0.463 e. The van der Waals surface area contributed by atoms with Crippen molar-refractivity contribution in [2.75, 3.05) is 62.6 Å². The van der Waals surface area contributed by atoms with E-state index in [1.807, 2.05) is 17.0 Å². The average Bonchev–Trinajstić information content (AvgIpc) is 3.33. The normalized spacial score (nSPS) is 16.4. The number of ether oxygens (including phenoxy) is 1. The number of amides is 1. The Bertz CT molecular complexity index is 1070. The van der Waals surface area contributed by atoms with Crippen molar-refractivity contribution in [1.82, 2.24) is 14.9 Å². The van der Waals surface area contributed by atoms with Crippen LogP contribution in [0.5, 0.6) is 6.01 Å². The van der Waals surface area contributed by atoms with E-state index in [-0.39, 0.29) is 37.0 Å². The lowest BCUT2D eigenvalue weighted by Crippen LogP contribution is -2.39. The summed E-state index contributed by atoms with van der Waals surface area (Å²) in [6.07, 6.45) is 2.53. The van der Waals surface area contributed by atoms with Crippen LogP contribution in [0.2, 0.25) is 0 Å². The minimum absolute atomic E-state index is 0.0160. The average molecular weight is 491 g/mol. The van der Waals surface area contributed by atoms with Crippen molar-refractivity contribution in [2.45, 2.75) is 25.9 Å². The lowest BCUT2D eigenvalue weighted by molar-refractivity contribution is -0.115. The van der Waals surface area contributed by atoms with Crippen LogP contribution in [0.15, 0.2) is 24.3 Å². The Morgan fingerprint density at radius 1 is 1.12 bits per heavy atom. The quantitative estimate of drug-likeness (QED) is 0.479. The number of nitrogens with zero attached hydrogens (tertiary/aromatic N) is 4. The summed E-state index contributed by atoms with van der Waals surface area (Å²) < 4.78 is 27.6. The van der Waals surface area contributed by atoms with E-state index in [2.05, 4.69) is 32.3 Å². The van der Waals surface area contributed by atoms with Gasteiger partial charge in [0.25, 0.3) is 0 Å². The molecule has 4 rings (SSSR count). The highest BCUT2D eigenvalue weighted by Gasteiger charge is 2.28. The number of likely N-dealkylation sites (tertiary alicyclic amines) is 1. The molecule has 11 nitrogen and oxygen atoms in total. The van der Waals surface area contributed by atoms with Crippen LogP contribution in [0.25, 0.3) is 0 Å². The van der Waals surface area contributed by atoms with Gasteiger partial charge in [-0.05, 0) is 37.1 Å². The van der Waals surface area contributed by atoms with Gasteiger partial charge >= 0.3 is 13.6 Å². The van der Waals surface area contributed by atoms with E-state index < -0.39 is 7.60 Å². The molecule has 1 aromatic carbocycles. The summed E-state index contributed by atoms with van der Waals surface area (Å²) in [7, 11) is -0.582. The van der Waals surface area contributed by atoms with Crippen molar-refractivity contribution in [2.24, 2.45) is 0 Å². The highest BCUT2D eigenvalue weighted by atomic mass is 31.2. The van der Waals surface area contributed by atoms with Gasteiger partial charge < -0.3 is 29.7 Å². The van der Waals surface area contributed by atoms with E-state index in [4.69, 9.17) is 19.5 Å². The summed E-state index contributed by atoms with van der Waals surface area (Å²) >= 11 is 0. The first-order valence-corrected chi connectivity index (χ1v) is 13.0. The Morgan fingerprint density at radius 3 is 2.53 bits per heavy atom. The van der Waals surface area contributed by atoms with Gasteiger partial charge in [-0.3, -0.25) is 14.3 Å². The number of rotatable bonds is 10. The van der Waals surface area contributed by atoms with Gasteiger partial charge in [-0.25, -0.2) is 0 Å². The van der Waals surface area contributed by atoms with Crippen molar-refractivity contribution in [3.8, 4) is 6.01 Å². The summed E-state index contributed by atoms with van der Waals surface area (Å²) in [5.74, 6) is 0.391. The molecule has 0 unspecified atom stereocenters. The van der Waals surface area contributed by atoms with Gasteiger partial charge in [0.2, 0.25) is 5.91 Å². The number of aromatic nitrogens is 2. The highest BCUT2D eigenvalue weighted by molar-refractivity contribution is 7.53. The van der Waals surface area contributed by atoms with E-state index >= 15 is 0 Å². The summed E-state index contributed by atoms with van der Waals surface area (Å²) in [5, 5.41) is 2.75. The maximum atomic E-state index is 12.3. The Kier molecular flexibility index (Phi) is 7.67. The fourth-order valence-corrected chi connectivity index (χ4v) is 5.00. The molecular weight excluding hydrogens is 459 g/mol. The lowest BCUT2D eigenvalue weighted by Gasteiger charge is -2.30. The molecule has 184 valence electrons. The predicted octanol–water partition coefficient (Wildman–Crippen LogP) is 2.48. The van der Waals surface area contributed by atoms with Gasteiger partial charge in [-0.1, -0.05) is 24.3 Å². The summed E-state index contributed by atoms with van der Waals surface area (Å²) in [6.45, 7) is 3.81. The summed E-state index contributed by atoms with van der Waals surface area (Å²) in [5.41, 5.74) is 8.77. The van der Waals surface area contributed by atoms with Crippen LogP contribution < -0.4 is 20.7 Å². The third-order valence-electron chi connectivity index (χ3n) is 5.92. The molecule has 0 bridgehead atoms. The Hall–Kier alpha value is -2.72. The van der Waals surface area contributed by atoms with E-state index in [1.165, 1.54) is 32.6 Å². The molecule has 12 heteroatoms. The minimum atomic E-state index is -3.22. The number of hydrogen-bond acceptors (Lipinski definition) is 10. The number of nitrogens with one attached hydrogen (secondary N) is 1. The highest BCUT2D eigenvalue weighted by Crippen LogP contribution is 2.45. The zero-order valence-corrected chi connectivity index (χ0v) is 20.4. The van der Waals surface area contributed by atoms with E-state index in [1.54, 1.807) is 0 Å². The standard InChI is InChI=1S/C22H31N6O5P/c1-31-34(30,32-2)11-10-33-22-25-20(23)19-21(26-22)28(15-18(29)24-19)14-17-7-5-6-16(12-17)13-27-8-3-4-9-27/h5-7,12H,3-4,8-11,13-15H2,1-2H3,(H,24,29)(H2,23,25,26). The van der Waals surface area contributed by atoms with Crippen molar-refractivity contribution < 1.29 is 23.1 Å². The van der Waals surface area contributed by atoms with Crippen molar-refractivity contribution in [1.29, 1.82) is 0 Å². The molecule has 0 radical (unpaired) electrons. The molecule has 1 amide bonds. The van der Waals surface area contributed by atoms with Crippen LogP contribution in [-0.4, -0.2) is 67.4 Å². The lowest BCUT2D eigenvalue weighted by atomic mass is 10.1. The Labute approximate surface area is 199 Å². The second-order valence-electron chi connectivity index (χ2n) is 8.35. The molecule has 1 saturated heterocycles. The predicted molar refractivity (Wildman–Crippen MR) is 129 cm³/mol. The summed E-state index contributed by atoms with van der Waals surface area (Å²) in [6, 6.07) is 8.40. The zero-order valence-electron chi connectivity index (χ0n) is 19.5. The molecule has 0 spiro atoms. The molecular formula is C22H31N6O5P. The maximum absolute atomic E-state index is 12.3. The first kappa shape index (κ1) is 24.4. The second-order valence-corrected chi connectivity index (χ2v) is 10.7. The molecule has 0 aliphatic carbocycles. The molecule has 0 atom stereocenters. The Balaban J connectivity index is 1.50. The smallest absolute Gasteiger partial charge is 0.333 e. The topological polar surface area (TPSA) is 132 Å². The van der Waals surface area contributed by atoms with E-state index in [0.29, 0.717) is 18.1 Å². The fourth-order valence-electron chi connectivity index (χ4n) is 4.17. The van der Waals surface area contributed by atoms with E-state index in [9.17, 15) is 9.36 Å². The first-order valence-electron chi connectivity index (χ1n) is 11.2. The third-order valence-corrected chi connectivity index (χ3v) is 7.76. The van der Waals surface area contributed by atoms with Crippen LogP contribution in [0.1, 0.15) is 24.0 Å². The van der Waals surface area contributed by atoms with Gasteiger partial charge in [0.15, 0.2) is 11.6 Å². The molecule has 1 fully saturated rings. The molecule has 2 aromatic rings. The number of hydrogen-bond donors (Lipinski definition) is 2. The third kappa shape index (κ3) is 5.85. The van der Waals surface area contributed by atoms with Gasteiger partial charge in [0.1, 0.15) is 12.3 Å². The molecule has 3 heterocycles. The van der Waals surface area contributed by atoms with Gasteiger partial charge in [-0.15, -0.1) is 0 Å². The Morgan fingerprint density at radius 2 is 1.82 bits per heavy atom. The molecule has 3 N–H and O–H groups in total. The van der Waals surface area contributed by atoms with Crippen molar-refractivity contribution in [3.05, 3.63) is 35.4 Å². The van der Waals surface area contributed by atoms with Gasteiger partial charge in [0.05, 0.1) is 12.7 Å². The molecule has 1 aromatic heterocycles. The number of anilines is 3.